The smallest absolute Gasteiger partial charge is 0.255 e. The van der Waals surface area contributed by atoms with E-state index in [2.05, 4.69) is 15.9 Å². The number of nitrogens with zero attached hydrogens (tertiary/aromatic N) is 1. The second kappa shape index (κ2) is 3.79. The number of rotatable bonds is 1. The van der Waals surface area contributed by atoms with Crippen molar-refractivity contribution in [3.63, 3.8) is 0 Å². The Morgan fingerprint density at radius 1 is 1.46 bits per heavy atom. The molecule has 0 unspecified atom stereocenters. The Balaban J connectivity index is 3.09. The Morgan fingerprint density at radius 3 is 2.54 bits per heavy atom. The predicted octanol–water partition coefficient (Wildman–Crippen LogP) is 1.73. The van der Waals surface area contributed by atoms with Gasteiger partial charge in [-0.1, -0.05) is 15.9 Å². The highest BCUT2D eigenvalue weighted by molar-refractivity contribution is 9.10. The van der Waals surface area contributed by atoms with Gasteiger partial charge in [-0.3, -0.25) is 4.79 Å². The summed E-state index contributed by atoms with van der Waals surface area (Å²) < 4.78 is 0.875. The van der Waals surface area contributed by atoms with Crippen LogP contribution in [0.15, 0.2) is 22.7 Å². The van der Waals surface area contributed by atoms with Crippen LogP contribution in [0.4, 0.5) is 5.69 Å². The van der Waals surface area contributed by atoms with Crippen molar-refractivity contribution in [3.8, 4) is 0 Å². The summed E-state index contributed by atoms with van der Waals surface area (Å²) >= 11 is 3.28. The fraction of sp³-hybridized carbons (Fsp3) is 0.222. The number of nitrogen functional groups attached to an aromatic ring is 1. The second-order valence-corrected chi connectivity index (χ2v) is 3.85. The molecule has 0 radical (unpaired) electrons. The standard InChI is InChI=1S/C9H11BrN2O/c1-12(2)9(13)7-4-3-6(10)5-8(7)11/h3-5H,11H2,1-2H3. The average Bonchev–Trinajstić information content (AvgIpc) is 2.03. The molecule has 0 fully saturated rings. The average molecular weight is 243 g/mol. The van der Waals surface area contributed by atoms with Crippen molar-refractivity contribution < 1.29 is 4.79 Å². The SMILES string of the molecule is CN(C)C(=O)c1ccc(Br)cc1N. The zero-order chi connectivity index (χ0) is 10.0. The zero-order valence-corrected chi connectivity index (χ0v) is 9.13. The Morgan fingerprint density at radius 2 is 2.08 bits per heavy atom. The van der Waals surface area contributed by atoms with E-state index in [9.17, 15) is 4.79 Å². The van der Waals surface area contributed by atoms with Gasteiger partial charge in [0, 0.05) is 24.3 Å². The molecule has 0 saturated heterocycles. The minimum atomic E-state index is -0.0787. The van der Waals surface area contributed by atoms with E-state index < -0.39 is 0 Å². The highest BCUT2D eigenvalue weighted by Gasteiger charge is 2.10. The topological polar surface area (TPSA) is 46.3 Å². The van der Waals surface area contributed by atoms with E-state index in [1.165, 1.54) is 4.90 Å². The number of hydrogen-bond acceptors (Lipinski definition) is 2. The lowest BCUT2D eigenvalue weighted by Gasteiger charge is -2.11. The summed E-state index contributed by atoms with van der Waals surface area (Å²) in [4.78, 5) is 13.0. The van der Waals surface area contributed by atoms with Crippen LogP contribution in [0.3, 0.4) is 0 Å². The van der Waals surface area contributed by atoms with Crippen molar-refractivity contribution in [1.29, 1.82) is 0 Å². The van der Waals surface area contributed by atoms with Crippen LogP contribution >= 0.6 is 15.9 Å². The number of halogens is 1. The number of carbonyl (C=O) groups is 1. The van der Waals surface area contributed by atoms with Gasteiger partial charge in [0.15, 0.2) is 0 Å². The van der Waals surface area contributed by atoms with E-state index >= 15 is 0 Å². The van der Waals surface area contributed by atoms with E-state index in [4.69, 9.17) is 5.73 Å². The Hall–Kier alpha value is -1.03. The van der Waals surface area contributed by atoms with Gasteiger partial charge in [0.25, 0.3) is 5.91 Å². The lowest BCUT2D eigenvalue weighted by molar-refractivity contribution is 0.0828. The largest absolute Gasteiger partial charge is 0.398 e. The Labute approximate surface area is 85.7 Å². The number of carbonyl (C=O) groups excluding carboxylic acids is 1. The van der Waals surface area contributed by atoms with Crippen molar-refractivity contribution in [2.75, 3.05) is 19.8 Å². The summed E-state index contributed by atoms with van der Waals surface area (Å²) in [6, 6.07) is 5.23. The third-order valence-corrected chi connectivity index (χ3v) is 2.14. The molecule has 0 heterocycles. The Kier molecular flexibility index (Phi) is 2.93. The van der Waals surface area contributed by atoms with E-state index in [-0.39, 0.29) is 5.91 Å². The molecule has 2 N–H and O–H groups in total. The number of anilines is 1. The quantitative estimate of drug-likeness (QED) is 0.763. The molecule has 0 aliphatic carbocycles. The van der Waals surface area contributed by atoms with Crippen LogP contribution in [0.1, 0.15) is 10.4 Å². The molecule has 1 aromatic carbocycles. The maximum atomic E-state index is 11.5. The molecule has 0 atom stereocenters. The molecule has 4 heteroatoms. The van der Waals surface area contributed by atoms with Crippen molar-refractivity contribution >= 4 is 27.5 Å². The minimum Gasteiger partial charge on any atom is -0.398 e. The van der Waals surface area contributed by atoms with E-state index in [1.807, 2.05) is 0 Å². The summed E-state index contributed by atoms with van der Waals surface area (Å²) in [5.74, 6) is -0.0787. The zero-order valence-electron chi connectivity index (χ0n) is 7.54. The first kappa shape index (κ1) is 10.1. The lowest BCUT2D eigenvalue weighted by atomic mass is 10.1. The highest BCUT2D eigenvalue weighted by Crippen LogP contribution is 2.19. The molecule has 1 rings (SSSR count). The first-order valence-electron chi connectivity index (χ1n) is 3.79. The number of benzene rings is 1. The fourth-order valence-electron chi connectivity index (χ4n) is 0.969. The van der Waals surface area contributed by atoms with Gasteiger partial charge in [-0.15, -0.1) is 0 Å². The van der Waals surface area contributed by atoms with Crippen molar-refractivity contribution in [2.24, 2.45) is 0 Å². The van der Waals surface area contributed by atoms with E-state index in [0.29, 0.717) is 11.3 Å². The van der Waals surface area contributed by atoms with E-state index in [1.54, 1.807) is 32.3 Å². The summed E-state index contributed by atoms with van der Waals surface area (Å²) in [6.45, 7) is 0. The van der Waals surface area contributed by atoms with Gasteiger partial charge >= 0.3 is 0 Å². The molecule has 13 heavy (non-hydrogen) atoms. The van der Waals surface area contributed by atoms with Gasteiger partial charge in [-0.2, -0.15) is 0 Å². The Bertz CT molecular complexity index is 336. The maximum Gasteiger partial charge on any atom is 0.255 e. The van der Waals surface area contributed by atoms with Gasteiger partial charge in [0.05, 0.1) is 5.56 Å². The molecule has 1 aromatic rings. The molecular weight excluding hydrogens is 232 g/mol. The minimum absolute atomic E-state index is 0.0787. The molecular formula is C9H11BrN2O. The van der Waals surface area contributed by atoms with Crippen LogP contribution in [-0.4, -0.2) is 24.9 Å². The molecule has 0 aliphatic heterocycles. The van der Waals surface area contributed by atoms with Gasteiger partial charge in [0.2, 0.25) is 0 Å². The maximum absolute atomic E-state index is 11.5. The molecule has 0 bridgehead atoms. The third-order valence-electron chi connectivity index (χ3n) is 1.65. The summed E-state index contributed by atoms with van der Waals surface area (Å²) in [5.41, 5.74) is 6.71. The molecule has 1 amide bonds. The molecule has 0 aromatic heterocycles. The first-order chi connectivity index (χ1) is 6.02. The van der Waals surface area contributed by atoms with Crippen LogP contribution in [0.5, 0.6) is 0 Å². The monoisotopic (exact) mass is 242 g/mol. The van der Waals surface area contributed by atoms with Crippen LogP contribution in [-0.2, 0) is 0 Å². The van der Waals surface area contributed by atoms with Crippen LogP contribution in [0, 0.1) is 0 Å². The molecule has 0 aliphatic rings. The molecule has 70 valence electrons. The van der Waals surface area contributed by atoms with Crippen molar-refractivity contribution in [1.82, 2.24) is 4.90 Å². The third kappa shape index (κ3) is 2.21. The summed E-state index contributed by atoms with van der Waals surface area (Å²) in [6.07, 6.45) is 0. The number of amides is 1. The predicted molar refractivity (Wildman–Crippen MR) is 56.6 cm³/mol. The molecule has 3 nitrogen and oxygen atoms in total. The van der Waals surface area contributed by atoms with Crippen molar-refractivity contribution in [3.05, 3.63) is 28.2 Å². The van der Waals surface area contributed by atoms with Crippen LogP contribution in [0.2, 0.25) is 0 Å². The normalized spacial score (nSPS) is 9.77. The van der Waals surface area contributed by atoms with Gasteiger partial charge in [-0.25, -0.2) is 0 Å². The van der Waals surface area contributed by atoms with Gasteiger partial charge in [-0.05, 0) is 18.2 Å². The molecule has 0 spiro atoms. The van der Waals surface area contributed by atoms with Gasteiger partial charge in [0.1, 0.15) is 0 Å². The first-order valence-corrected chi connectivity index (χ1v) is 4.58. The molecule has 0 saturated carbocycles. The van der Waals surface area contributed by atoms with Gasteiger partial charge < -0.3 is 10.6 Å². The summed E-state index contributed by atoms with van der Waals surface area (Å²) in [7, 11) is 3.40. The highest BCUT2D eigenvalue weighted by atomic mass is 79.9. The summed E-state index contributed by atoms with van der Waals surface area (Å²) in [5, 5.41) is 0. The second-order valence-electron chi connectivity index (χ2n) is 2.93. The fourth-order valence-corrected chi connectivity index (χ4v) is 1.35. The van der Waals surface area contributed by atoms with Crippen LogP contribution < -0.4 is 5.73 Å². The van der Waals surface area contributed by atoms with E-state index in [0.717, 1.165) is 4.47 Å². The number of hydrogen-bond donors (Lipinski definition) is 1. The lowest BCUT2D eigenvalue weighted by Crippen LogP contribution is -2.22. The van der Waals surface area contributed by atoms with Crippen molar-refractivity contribution in [2.45, 2.75) is 0 Å². The van der Waals surface area contributed by atoms with Crippen LogP contribution in [0.25, 0.3) is 0 Å². The number of nitrogens with two attached hydrogens (primary N) is 1.